The van der Waals surface area contributed by atoms with Crippen molar-refractivity contribution in [2.24, 2.45) is 0 Å². The molecule has 1 aromatic heterocycles. The van der Waals surface area contributed by atoms with Crippen molar-refractivity contribution in [1.29, 1.82) is 0 Å². The Balaban J connectivity index is 1.69. The van der Waals surface area contributed by atoms with Gasteiger partial charge in [-0.3, -0.25) is 5.43 Å². The summed E-state index contributed by atoms with van der Waals surface area (Å²) >= 11 is 0. The SMILES string of the molecule is Cc1ccc(S(=O)(=O)NNc2ncnc(NC3CCCCC3)c2N)cc1. The quantitative estimate of drug-likeness (QED) is 0.571. The van der Waals surface area contributed by atoms with Crippen LogP contribution in [0, 0.1) is 6.92 Å². The van der Waals surface area contributed by atoms with Crippen LogP contribution in [0.5, 0.6) is 0 Å². The van der Waals surface area contributed by atoms with Crippen LogP contribution in [-0.2, 0) is 10.0 Å². The van der Waals surface area contributed by atoms with E-state index < -0.39 is 10.0 Å². The fraction of sp³-hybridized carbons (Fsp3) is 0.412. The first kappa shape index (κ1) is 18.4. The first-order valence-corrected chi connectivity index (χ1v) is 10.2. The minimum Gasteiger partial charge on any atom is -0.393 e. The number of benzene rings is 1. The summed E-state index contributed by atoms with van der Waals surface area (Å²) in [6.07, 6.45) is 7.13. The first-order valence-electron chi connectivity index (χ1n) is 8.67. The second kappa shape index (κ2) is 7.88. The number of nitrogens with zero attached hydrogens (tertiary/aromatic N) is 2. The molecule has 9 heteroatoms. The van der Waals surface area contributed by atoms with Gasteiger partial charge in [-0.25, -0.2) is 18.4 Å². The molecule has 0 amide bonds. The van der Waals surface area contributed by atoms with Crippen LogP contribution in [0.1, 0.15) is 37.7 Å². The third-order valence-corrected chi connectivity index (χ3v) is 5.73. The molecule has 5 N–H and O–H groups in total. The van der Waals surface area contributed by atoms with Crippen LogP contribution in [0.25, 0.3) is 0 Å². The standard InChI is InChI=1S/C17H24N6O2S/c1-12-7-9-14(10-8-12)26(24,25)23-22-17-15(18)16(19-11-20-17)21-13-5-3-2-4-6-13/h7-11,13,23H,2-6,18H2,1H3,(H2,19,20,21,22). The number of nitrogens with two attached hydrogens (primary N) is 1. The van der Waals surface area contributed by atoms with E-state index in [4.69, 9.17) is 5.73 Å². The highest BCUT2D eigenvalue weighted by Crippen LogP contribution is 2.26. The van der Waals surface area contributed by atoms with Crippen LogP contribution in [0.15, 0.2) is 35.5 Å². The van der Waals surface area contributed by atoms with Gasteiger partial charge < -0.3 is 11.1 Å². The predicted molar refractivity (Wildman–Crippen MR) is 102 cm³/mol. The maximum Gasteiger partial charge on any atom is 0.257 e. The zero-order chi connectivity index (χ0) is 18.6. The maximum atomic E-state index is 12.4. The van der Waals surface area contributed by atoms with Crippen molar-refractivity contribution < 1.29 is 8.42 Å². The highest BCUT2D eigenvalue weighted by Gasteiger charge is 2.18. The van der Waals surface area contributed by atoms with Gasteiger partial charge in [0.25, 0.3) is 10.0 Å². The number of anilines is 3. The number of hydrazine groups is 1. The molecule has 26 heavy (non-hydrogen) atoms. The lowest BCUT2D eigenvalue weighted by molar-refractivity contribution is 0.462. The third kappa shape index (κ3) is 4.41. The number of hydrogen-bond acceptors (Lipinski definition) is 7. The van der Waals surface area contributed by atoms with Crippen molar-refractivity contribution in [2.75, 3.05) is 16.5 Å². The van der Waals surface area contributed by atoms with E-state index in [1.807, 2.05) is 6.92 Å². The summed E-state index contributed by atoms with van der Waals surface area (Å²) < 4.78 is 24.7. The molecule has 1 saturated carbocycles. The van der Waals surface area contributed by atoms with Crippen LogP contribution in [-0.4, -0.2) is 24.4 Å². The zero-order valence-electron chi connectivity index (χ0n) is 14.7. The fourth-order valence-corrected chi connectivity index (χ4v) is 3.79. The van der Waals surface area contributed by atoms with Gasteiger partial charge in [-0.05, 0) is 31.9 Å². The molecule has 0 aliphatic heterocycles. The lowest BCUT2D eigenvalue weighted by Gasteiger charge is -2.24. The van der Waals surface area contributed by atoms with Gasteiger partial charge in [-0.15, -0.1) is 4.83 Å². The Hall–Kier alpha value is -2.39. The first-order chi connectivity index (χ1) is 12.5. The molecule has 0 atom stereocenters. The van der Waals surface area contributed by atoms with Crippen molar-refractivity contribution in [3.63, 3.8) is 0 Å². The minimum absolute atomic E-state index is 0.156. The van der Waals surface area contributed by atoms with Gasteiger partial charge in [0, 0.05) is 6.04 Å². The molecular weight excluding hydrogens is 352 g/mol. The van der Waals surface area contributed by atoms with Crippen LogP contribution >= 0.6 is 0 Å². The smallest absolute Gasteiger partial charge is 0.257 e. The van der Waals surface area contributed by atoms with E-state index >= 15 is 0 Å². The summed E-state index contributed by atoms with van der Waals surface area (Å²) in [5, 5.41) is 3.33. The molecule has 8 nitrogen and oxygen atoms in total. The molecular formula is C17H24N6O2S. The normalized spacial score (nSPS) is 15.6. The van der Waals surface area contributed by atoms with Crippen molar-refractivity contribution >= 4 is 27.3 Å². The van der Waals surface area contributed by atoms with E-state index in [-0.39, 0.29) is 16.4 Å². The van der Waals surface area contributed by atoms with E-state index in [0.29, 0.717) is 11.9 Å². The summed E-state index contributed by atoms with van der Waals surface area (Å²) in [6, 6.07) is 6.88. The molecule has 0 radical (unpaired) electrons. The number of hydrogen-bond donors (Lipinski definition) is 4. The van der Waals surface area contributed by atoms with Crippen molar-refractivity contribution in [2.45, 2.75) is 50.0 Å². The Kier molecular flexibility index (Phi) is 5.58. The number of rotatable bonds is 6. The molecule has 140 valence electrons. The van der Waals surface area contributed by atoms with Gasteiger partial charge in [-0.2, -0.15) is 0 Å². The molecule has 3 rings (SSSR count). The van der Waals surface area contributed by atoms with Gasteiger partial charge in [0.15, 0.2) is 11.6 Å². The molecule has 0 bridgehead atoms. The Morgan fingerprint density at radius 3 is 2.38 bits per heavy atom. The van der Waals surface area contributed by atoms with Gasteiger partial charge >= 0.3 is 0 Å². The second-order valence-electron chi connectivity index (χ2n) is 6.51. The predicted octanol–water partition coefficient (Wildman–Crippen LogP) is 2.42. The highest BCUT2D eigenvalue weighted by molar-refractivity contribution is 7.89. The van der Waals surface area contributed by atoms with Crippen molar-refractivity contribution in [3.8, 4) is 0 Å². The van der Waals surface area contributed by atoms with Gasteiger partial charge in [0.05, 0.1) is 4.90 Å². The number of sulfonamides is 1. The largest absolute Gasteiger partial charge is 0.393 e. The van der Waals surface area contributed by atoms with Crippen LogP contribution in [0.4, 0.5) is 17.3 Å². The number of nitrogen functional groups attached to an aromatic ring is 1. The third-order valence-electron chi connectivity index (χ3n) is 4.47. The molecule has 0 spiro atoms. The molecule has 1 heterocycles. The molecule has 1 fully saturated rings. The van der Waals surface area contributed by atoms with Crippen LogP contribution in [0.3, 0.4) is 0 Å². The lowest BCUT2D eigenvalue weighted by atomic mass is 9.95. The Morgan fingerprint density at radius 2 is 1.69 bits per heavy atom. The average molecular weight is 376 g/mol. The molecule has 0 unspecified atom stereocenters. The Morgan fingerprint density at radius 1 is 1.04 bits per heavy atom. The summed E-state index contributed by atoms with van der Waals surface area (Å²) in [5.74, 6) is 0.734. The average Bonchev–Trinajstić information content (AvgIpc) is 2.64. The van der Waals surface area contributed by atoms with E-state index in [1.165, 1.54) is 25.6 Å². The van der Waals surface area contributed by atoms with E-state index in [9.17, 15) is 8.42 Å². The zero-order valence-corrected chi connectivity index (χ0v) is 15.5. The van der Waals surface area contributed by atoms with Crippen LogP contribution in [0.2, 0.25) is 0 Å². The van der Waals surface area contributed by atoms with Gasteiger partial charge in [-0.1, -0.05) is 37.0 Å². The van der Waals surface area contributed by atoms with Crippen molar-refractivity contribution in [1.82, 2.24) is 14.8 Å². The number of aromatic nitrogens is 2. The van der Waals surface area contributed by atoms with E-state index in [1.54, 1.807) is 24.3 Å². The fourth-order valence-electron chi connectivity index (χ4n) is 2.94. The lowest BCUT2D eigenvalue weighted by Crippen LogP contribution is -2.31. The summed E-state index contributed by atoms with van der Waals surface area (Å²) in [5.41, 5.74) is 9.96. The number of aryl methyl sites for hydroxylation is 1. The topological polar surface area (TPSA) is 122 Å². The van der Waals surface area contributed by atoms with E-state index in [0.717, 1.165) is 18.4 Å². The Bertz CT molecular complexity index is 848. The maximum absolute atomic E-state index is 12.4. The minimum atomic E-state index is -3.73. The summed E-state index contributed by atoms with van der Waals surface area (Å²) in [7, 11) is -3.73. The second-order valence-corrected chi connectivity index (χ2v) is 8.19. The molecule has 1 aliphatic carbocycles. The summed E-state index contributed by atoms with van der Waals surface area (Å²) in [4.78, 5) is 10.7. The van der Waals surface area contributed by atoms with Gasteiger partial charge in [0.2, 0.25) is 0 Å². The molecule has 1 aromatic carbocycles. The monoisotopic (exact) mass is 376 g/mol. The molecule has 0 saturated heterocycles. The number of nitrogens with one attached hydrogen (secondary N) is 3. The summed E-state index contributed by atoms with van der Waals surface area (Å²) in [6.45, 7) is 1.89. The van der Waals surface area contributed by atoms with Crippen molar-refractivity contribution in [3.05, 3.63) is 36.2 Å². The Labute approximate surface area is 153 Å². The van der Waals surface area contributed by atoms with Crippen LogP contribution < -0.4 is 21.3 Å². The van der Waals surface area contributed by atoms with Gasteiger partial charge in [0.1, 0.15) is 12.0 Å². The molecule has 2 aromatic rings. The molecule has 1 aliphatic rings. The van der Waals surface area contributed by atoms with E-state index in [2.05, 4.69) is 25.5 Å². The highest BCUT2D eigenvalue weighted by atomic mass is 32.2.